The maximum atomic E-state index is 12.2. The van der Waals surface area contributed by atoms with Gasteiger partial charge in [0.2, 0.25) is 0 Å². The number of hydrogen-bond acceptors (Lipinski definition) is 3. The summed E-state index contributed by atoms with van der Waals surface area (Å²) in [5.74, 6) is -0.723. The van der Waals surface area contributed by atoms with Crippen LogP contribution < -0.4 is 5.32 Å². The summed E-state index contributed by atoms with van der Waals surface area (Å²) in [6, 6.07) is 13.1. The molecule has 1 aromatic carbocycles. The van der Waals surface area contributed by atoms with Gasteiger partial charge in [0.25, 0.3) is 11.8 Å². The number of nitrogens with zero attached hydrogens (tertiary/aromatic N) is 1. The van der Waals surface area contributed by atoms with Crippen molar-refractivity contribution in [1.29, 1.82) is 0 Å². The summed E-state index contributed by atoms with van der Waals surface area (Å²) in [5.41, 5.74) is 3.34. The van der Waals surface area contributed by atoms with Crippen LogP contribution in [0, 0.1) is 0 Å². The van der Waals surface area contributed by atoms with E-state index in [1.807, 2.05) is 37.3 Å². The average molecular weight is 290 g/mol. The lowest BCUT2D eigenvalue weighted by Crippen LogP contribution is -2.20. The number of imide groups is 1. The lowest BCUT2D eigenvalue weighted by atomic mass is 9.96. The van der Waals surface area contributed by atoms with Gasteiger partial charge in [0, 0.05) is 12.4 Å². The van der Waals surface area contributed by atoms with Crippen LogP contribution in [0.5, 0.6) is 0 Å². The van der Waals surface area contributed by atoms with Crippen molar-refractivity contribution in [2.45, 2.75) is 6.92 Å². The van der Waals surface area contributed by atoms with Gasteiger partial charge in [-0.05, 0) is 41.8 Å². The lowest BCUT2D eigenvalue weighted by Gasteiger charge is -2.05. The molecule has 0 aliphatic carbocycles. The zero-order valence-electron chi connectivity index (χ0n) is 12.0. The van der Waals surface area contributed by atoms with Crippen molar-refractivity contribution in [2.75, 3.05) is 0 Å². The van der Waals surface area contributed by atoms with Crippen molar-refractivity contribution in [3.05, 3.63) is 77.1 Å². The topological polar surface area (TPSA) is 59.1 Å². The van der Waals surface area contributed by atoms with Crippen molar-refractivity contribution >= 4 is 23.5 Å². The van der Waals surface area contributed by atoms with Crippen molar-refractivity contribution in [1.82, 2.24) is 10.3 Å². The quantitative estimate of drug-likeness (QED) is 0.683. The number of rotatable bonds is 2. The van der Waals surface area contributed by atoms with Crippen LogP contribution in [0.15, 0.2) is 66.0 Å². The summed E-state index contributed by atoms with van der Waals surface area (Å²) in [5, 5.41) is 2.37. The van der Waals surface area contributed by atoms with Crippen molar-refractivity contribution in [3.8, 4) is 0 Å². The van der Waals surface area contributed by atoms with Crippen LogP contribution in [-0.2, 0) is 9.59 Å². The Morgan fingerprint density at radius 1 is 1.00 bits per heavy atom. The molecule has 1 aromatic heterocycles. The predicted octanol–water partition coefficient (Wildman–Crippen LogP) is 2.60. The number of allylic oxidation sites excluding steroid dienone is 1. The van der Waals surface area contributed by atoms with Gasteiger partial charge in [-0.2, -0.15) is 0 Å². The van der Waals surface area contributed by atoms with Crippen LogP contribution in [-0.4, -0.2) is 16.8 Å². The fraction of sp³-hybridized carbons (Fsp3) is 0.0556. The Labute approximate surface area is 128 Å². The molecule has 2 aromatic rings. The van der Waals surface area contributed by atoms with E-state index < -0.39 is 0 Å². The molecule has 4 nitrogen and oxygen atoms in total. The Bertz CT molecular complexity index is 790. The highest BCUT2D eigenvalue weighted by Gasteiger charge is 2.32. The first-order valence-electron chi connectivity index (χ1n) is 6.91. The number of nitrogens with one attached hydrogen (secondary N) is 1. The SMILES string of the molecule is C/C(=C1/C(=O)NC(=O)/C1=C/c1ccncc1)c1ccccc1. The molecule has 2 heterocycles. The molecule has 1 N–H and O–H groups in total. The van der Waals surface area contributed by atoms with E-state index in [0.29, 0.717) is 11.1 Å². The highest BCUT2D eigenvalue weighted by Crippen LogP contribution is 2.28. The second-order valence-electron chi connectivity index (χ2n) is 4.99. The number of carbonyl (C=O) groups is 2. The van der Waals surface area contributed by atoms with E-state index in [-0.39, 0.29) is 11.8 Å². The predicted molar refractivity (Wildman–Crippen MR) is 84.4 cm³/mol. The number of amides is 2. The van der Waals surface area contributed by atoms with Crippen LogP contribution in [0.3, 0.4) is 0 Å². The number of hydrogen-bond donors (Lipinski definition) is 1. The van der Waals surface area contributed by atoms with Gasteiger partial charge in [-0.25, -0.2) is 0 Å². The molecule has 22 heavy (non-hydrogen) atoms. The lowest BCUT2D eigenvalue weighted by molar-refractivity contribution is -0.123. The molecule has 3 rings (SSSR count). The first-order chi connectivity index (χ1) is 10.7. The van der Waals surface area contributed by atoms with Crippen molar-refractivity contribution in [2.24, 2.45) is 0 Å². The molecule has 1 aliphatic heterocycles. The first kappa shape index (κ1) is 13.9. The highest BCUT2D eigenvalue weighted by molar-refractivity contribution is 6.29. The smallest absolute Gasteiger partial charge is 0.259 e. The Hall–Kier alpha value is -3.01. The average Bonchev–Trinajstić information content (AvgIpc) is 2.82. The minimum atomic E-state index is -0.368. The van der Waals surface area contributed by atoms with E-state index in [1.165, 1.54) is 0 Å². The zero-order chi connectivity index (χ0) is 15.5. The number of benzene rings is 1. The van der Waals surface area contributed by atoms with Crippen LogP contribution >= 0.6 is 0 Å². The largest absolute Gasteiger partial charge is 0.288 e. The van der Waals surface area contributed by atoms with Gasteiger partial charge in [-0.15, -0.1) is 0 Å². The van der Waals surface area contributed by atoms with Gasteiger partial charge < -0.3 is 0 Å². The van der Waals surface area contributed by atoms with E-state index in [0.717, 1.165) is 16.7 Å². The molecule has 2 amide bonds. The third-order valence-electron chi connectivity index (χ3n) is 3.57. The molecule has 4 heteroatoms. The van der Waals surface area contributed by atoms with Crippen LogP contribution in [0.2, 0.25) is 0 Å². The highest BCUT2D eigenvalue weighted by atomic mass is 16.2. The zero-order valence-corrected chi connectivity index (χ0v) is 12.0. The maximum Gasteiger partial charge on any atom is 0.259 e. The Kier molecular flexibility index (Phi) is 3.66. The second kappa shape index (κ2) is 5.77. The molecular formula is C18H14N2O2. The molecule has 108 valence electrons. The van der Waals surface area contributed by atoms with Gasteiger partial charge in [0.15, 0.2) is 0 Å². The standard InChI is InChI=1S/C18H14N2O2/c1-12(14-5-3-2-4-6-14)16-15(17(21)20-18(16)22)11-13-7-9-19-10-8-13/h2-11H,1H3,(H,20,21,22)/b15-11+,16-12-. The molecule has 0 unspecified atom stereocenters. The fourth-order valence-corrected chi connectivity index (χ4v) is 2.44. The van der Waals surface area contributed by atoms with E-state index >= 15 is 0 Å². The maximum absolute atomic E-state index is 12.2. The summed E-state index contributed by atoms with van der Waals surface area (Å²) in [7, 11) is 0. The summed E-state index contributed by atoms with van der Waals surface area (Å²) < 4.78 is 0. The van der Waals surface area contributed by atoms with Crippen molar-refractivity contribution in [3.63, 3.8) is 0 Å². The number of pyridine rings is 1. The Balaban J connectivity index is 2.14. The van der Waals surface area contributed by atoms with E-state index in [4.69, 9.17) is 0 Å². The Morgan fingerprint density at radius 2 is 1.68 bits per heavy atom. The Morgan fingerprint density at radius 3 is 2.36 bits per heavy atom. The first-order valence-corrected chi connectivity index (χ1v) is 6.91. The molecule has 0 saturated carbocycles. The van der Waals surface area contributed by atoms with E-state index in [2.05, 4.69) is 10.3 Å². The monoisotopic (exact) mass is 290 g/mol. The summed E-state index contributed by atoms with van der Waals surface area (Å²) in [6.07, 6.45) is 5.01. The van der Waals surface area contributed by atoms with Gasteiger partial charge in [-0.3, -0.25) is 19.9 Å². The molecular weight excluding hydrogens is 276 g/mol. The van der Waals surface area contributed by atoms with Crippen LogP contribution in [0.4, 0.5) is 0 Å². The summed E-state index contributed by atoms with van der Waals surface area (Å²) in [4.78, 5) is 28.2. The van der Waals surface area contributed by atoms with Crippen LogP contribution in [0.1, 0.15) is 18.1 Å². The third-order valence-corrected chi connectivity index (χ3v) is 3.57. The second-order valence-corrected chi connectivity index (χ2v) is 4.99. The van der Waals surface area contributed by atoms with Gasteiger partial charge in [0.05, 0.1) is 11.1 Å². The molecule has 1 fully saturated rings. The van der Waals surface area contributed by atoms with Crippen LogP contribution in [0.25, 0.3) is 11.6 Å². The molecule has 1 saturated heterocycles. The molecule has 1 aliphatic rings. The number of aromatic nitrogens is 1. The molecule has 0 atom stereocenters. The molecule has 0 spiro atoms. The molecule has 0 bridgehead atoms. The van der Waals surface area contributed by atoms with E-state index in [1.54, 1.807) is 30.6 Å². The fourth-order valence-electron chi connectivity index (χ4n) is 2.44. The minimum absolute atomic E-state index is 0.355. The minimum Gasteiger partial charge on any atom is -0.288 e. The summed E-state index contributed by atoms with van der Waals surface area (Å²) >= 11 is 0. The molecule has 0 radical (unpaired) electrons. The number of carbonyl (C=O) groups excluding carboxylic acids is 2. The van der Waals surface area contributed by atoms with Crippen molar-refractivity contribution < 1.29 is 9.59 Å². The van der Waals surface area contributed by atoms with Gasteiger partial charge in [0.1, 0.15) is 0 Å². The summed E-state index contributed by atoms with van der Waals surface area (Å²) in [6.45, 7) is 1.85. The third kappa shape index (κ3) is 2.59. The van der Waals surface area contributed by atoms with E-state index in [9.17, 15) is 9.59 Å². The van der Waals surface area contributed by atoms with Gasteiger partial charge >= 0.3 is 0 Å². The van der Waals surface area contributed by atoms with Gasteiger partial charge in [-0.1, -0.05) is 30.3 Å². The normalized spacial score (nSPS) is 18.5.